The predicted molar refractivity (Wildman–Crippen MR) is 11.4 cm³/mol. The molecule has 0 bridgehead atoms. The van der Waals surface area contributed by atoms with E-state index in [0.717, 1.165) is 0 Å². The van der Waals surface area contributed by atoms with Gasteiger partial charge in [-0.25, -0.2) is 0 Å². The summed E-state index contributed by atoms with van der Waals surface area (Å²) < 4.78 is 7.94. The fourth-order valence-electron chi connectivity index (χ4n) is 0. The Morgan fingerprint density at radius 3 is 1.00 bits per heavy atom. The summed E-state index contributed by atoms with van der Waals surface area (Å²) in [6.07, 6.45) is 0. The molecule has 1 radical (unpaired) electrons. The van der Waals surface area contributed by atoms with Gasteiger partial charge in [0.05, 0.1) is 0 Å². The molecule has 0 spiro atoms. The van der Waals surface area contributed by atoms with Crippen LogP contribution in [0.25, 0.3) is 0 Å². The van der Waals surface area contributed by atoms with Crippen LogP contribution in [-0.4, -0.2) is 18.9 Å². The summed E-state index contributed by atoms with van der Waals surface area (Å²) in [5.74, 6) is 0. The molecule has 0 aromatic carbocycles. The molecule has 0 atom stereocenters. The molecular formula is H2CoF2LiO. The molecule has 0 heterocycles. The van der Waals surface area contributed by atoms with Gasteiger partial charge in [0.2, 0.25) is 0 Å². The van der Waals surface area contributed by atoms with Crippen molar-refractivity contribution in [2.24, 2.45) is 0 Å². The normalized spacial score (nSPS) is 1.00. The zero-order valence-corrected chi connectivity index (χ0v) is 3.60. The average Bonchev–Trinajstić information content (AvgIpc) is 1.00. The quantitative estimate of drug-likeness (QED) is 0.406. The number of halogens is 2. The second-order valence-electron chi connectivity index (χ2n) is 0. The van der Waals surface area contributed by atoms with Crippen LogP contribution in [-0.2, 0) is 19.5 Å². The molecule has 1 nitrogen and oxygen atoms in total. The van der Waals surface area contributed by atoms with E-state index in [1.54, 1.807) is 0 Å². The molecule has 0 unspecified atom stereocenters. The van der Waals surface area contributed by atoms with Gasteiger partial charge in [-0.2, -0.15) is 0 Å². The minimum atomic E-state index is 0. The van der Waals surface area contributed by atoms with Crippen LogP contribution >= 0.6 is 0 Å². The Bertz CT molecular complexity index is 9.61. The van der Waals surface area contributed by atoms with Crippen LogP contribution in [0.15, 0.2) is 0 Å². The molecule has 0 aliphatic rings. The molecule has 0 aliphatic carbocycles. The van der Waals surface area contributed by atoms with Crippen molar-refractivity contribution in [2.45, 2.75) is 0 Å². The SMILES string of the molecule is F.F.[Li].[O]=[Co]. The third-order valence-electron chi connectivity index (χ3n) is 0. The summed E-state index contributed by atoms with van der Waals surface area (Å²) in [6, 6.07) is 0. The van der Waals surface area contributed by atoms with E-state index in [0.29, 0.717) is 0 Å². The summed E-state index contributed by atoms with van der Waals surface area (Å²) in [4.78, 5) is 0. The van der Waals surface area contributed by atoms with Crippen LogP contribution in [0.2, 0.25) is 0 Å². The van der Waals surface area contributed by atoms with E-state index < -0.39 is 0 Å². The van der Waals surface area contributed by atoms with Crippen molar-refractivity contribution in [2.75, 3.05) is 0 Å². The van der Waals surface area contributed by atoms with Gasteiger partial charge in [0.25, 0.3) is 0 Å². The number of hydrogen-bond acceptors (Lipinski definition) is 1. The van der Waals surface area contributed by atoms with Gasteiger partial charge in [0.15, 0.2) is 0 Å². The van der Waals surface area contributed by atoms with Crippen molar-refractivity contribution in [3.63, 3.8) is 0 Å². The fraction of sp³-hybridized carbons (Fsp3) is 0. The van der Waals surface area contributed by atoms with Crippen molar-refractivity contribution in [1.29, 1.82) is 0 Å². The summed E-state index contributed by atoms with van der Waals surface area (Å²) in [5, 5.41) is 0. The van der Waals surface area contributed by atoms with E-state index in [4.69, 9.17) is 3.87 Å². The van der Waals surface area contributed by atoms with Crippen LogP contribution in [0.1, 0.15) is 0 Å². The first-order chi connectivity index (χ1) is 1.00. The third-order valence-corrected chi connectivity index (χ3v) is 0. The monoisotopic (exact) mass is 122 g/mol. The van der Waals surface area contributed by atoms with Crippen molar-refractivity contribution in [3.05, 3.63) is 0 Å². The van der Waals surface area contributed by atoms with Crippen LogP contribution in [0.5, 0.6) is 0 Å². The molecule has 0 N–H and O–H groups in total. The Kier molecular flexibility index (Phi) is 973. The van der Waals surface area contributed by atoms with Crippen LogP contribution in [0, 0.1) is 0 Å². The molecule has 0 fully saturated rings. The number of hydrogen-bond donors (Lipinski definition) is 0. The van der Waals surface area contributed by atoms with Crippen LogP contribution in [0.3, 0.4) is 0 Å². The molecular weight excluding hydrogens is 120 g/mol. The molecule has 5 heavy (non-hydrogen) atoms. The average molecular weight is 122 g/mol. The minimum absolute atomic E-state index is 0. The van der Waals surface area contributed by atoms with Gasteiger partial charge in [-0.15, -0.1) is 0 Å². The summed E-state index contributed by atoms with van der Waals surface area (Å²) in [7, 11) is 0. The maximum absolute atomic E-state index is 7.94. The number of rotatable bonds is 0. The molecule has 0 aromatic rings. The first-order valence-corrected chi connectivity index (χ1v) is 0.561. The van der Waals surface area contributed by atoms with Gasteiger partial charge in [-0.3, -0.25) is 9.41 Å². The van der Waals surface area contributed by atoms with Crippen LogP contribution in [0.4, 0.5) is 9.41 Å². The van der Waals surface area contributed by atoms with E-state index in [9.17, 15) is 0 Å². The van der Waals surface area contributed by atoms with Crippen molar-refractivity contribution >= 4 is 18.9 Å². The van der Waals surface area contributed by atoms with Gasteiger partial charge in [0, 0.05) is 18.9 Å². The van der Waals surface area contributed by atoms with Crippen LogP contribution < -0.4 is 0 Å². The predicted octanol–water partition coefficient (Wildman–Crippen LogP) is -0.197. The second-order valence-corrected chi connectivity index (χ2v) is 0. The fourth-order valence-corrected chi connectivity index (χ4v) is 0. The van der Waals surface area contributed by atoms with E-state index in [1.165, 1.54) is 0 Å². The Morgan fingerprint density at radius 1 is 1.00 bits per heavy atom. The van der Waals surface area contributed by atoms with Gasteiger partial charge in [0.1, 0.15) is 0 Å². The molecule has 0 aliphatic heterocycles. The van der Waals surface area contributed by atoms with Gasteiger partial charge >= 0.3 is 19.5 Å². The zero-order valence-electron chi connectivity index (χ0n) is 2.56. The topological polar surface area (TPSA) is 17.1 Å². The van der Waals surface area contributed by atoms with Gasteiger partial charge in [-0.05, 0) is 0 Å². The van der Waals surface area contributed by atoms with E-state index in [2.05, 4.69) is 15.7 Å². The molecule has 0 amide bonds. The van der Waals surface area contributed by atoms with Crippen molar-refractivity contribution in [3.8, 4) is 0 Å². The first-order valence-electron chi connectivity index (χ1n) is 0.136. The molecule has 0 rings (SSSR count). The zero-order chi connectivity index (χ0) is 2.00. The Morgan fingerprint density at radius 2 is 1.00 bits per heavy atom. The summed E-state index contributed by atoms with van der Waals surface area (Å²) >= 11 is 2.31. The Labute approximate surface area is 48.2 Å². The molecule has 5 heteroatoms. The standard InChI is InChI=1S/Co.2FH.Li.O/h;2*1H;;. The maximum atomic E-state index is 7.94. The summed E-state index contributed by atoms with van der Waals surface area (Å²) in [5.41, 5.74) is 0. The van der Waals surface area contributed by atoms with E-state index >= 15 is 0 Å². The van der Waals surface area contributed by atoms with Crippen molar-refractivity contribution < 1.29 is 28.9 Å². The second kappa shape index (κ2) is 116. The molecule has 0 saturated heterocycles. The van der Waals surface area contributed by atoms with Gasteiger partial charge < -0.3 is 0 Å². The Hall–Kier alpha value is 0.764. The molecule has 32 valence electrons. The van der Waals surface area contributed by atoms with Gasteiger partial charge in [-0.1, -0.05) is 0 Å². The van der Waals surface area contributed by atoms with E-state index in [1.807, 2.05) is 0 Å². The molecule has 0 saturated carbocycles. The van der Waals surface area contributed by atoms with Crippen molar-refractivity contribution in [1.82, 2.24) is 0 Å². The van der Waals surface area contributed by atoms with E-state index in [-0.39, 0.29) is 28.3 Å². The third kappa shape index (κ3) is 62.4. The molecule has 0 aromatic heterocycles. The first kappa shape index (κ1) is 42.0. The Balaban J connectivity index is -0.00000000167. The summed E-state index contributed by atoms with van der Waals surface area (Å²) in [6.45, 7) is 0.